The van der Waals surface area contributed by atoms with E-state index in [0.29, 0.717) is 17.1 Å². The first-order chi connectivity index (χ1) is 6.27. The zero-order chi connectivity index (χ0) is 9.68. The van der Waals surface area contributed by atoms with E-state index in [1.165, 1.54) is 4.90 Å². The molecule has 13 heavy (non-hydrogen) atoms. The minimum Gasteiger partial charge on any atom is -0.301 e. The summed E-state index contributed by atoms with van der Waals surface area (Å²) in [6.45, 7) is 0.0468. The van der Waals surface area contributed by atoms with Crippen LogP contribution in [0.5, 0.6) is 0 Å². The van der Waals surface area contributed by atoms with Crippen LogP contribution >= 0.6 is 11.6 Å². The zero-order valence-corrected chi connectivity index (χ0v) is 7.53. The topological polar surface area (TPSA) is 44.1 Å². The molecule has 1 rings (SSSR count). The maximum Gasteiger partial charge on any atom is 0.215 e. The summed E-state index contributed by atoms with van der Waals surface area (Å²) in [6.07, 6.45) is 0.618. The van der Waals surface area contributed by atoms with Gasteiger partial charge < -0.3 is 4.90 Å². The van der Waals surface area contributed by atoms with Crippen LogP contribution in [-0.4, -0.2) is 13.0 Å². The van der Waals surface area contributed by atoms with Crippen molar-refractivity contribution in [2.45, 2.75) is 0 Å². The Morgan fingerprint density at radius 3 is 2.54 bits per heavy atom. The molecule has 0 unspecified atom stereocenters. The minimum atomic E-state index is 0.0468. The molecule has 0 fully saturated rings. The monoisotopic (exact) mass is 194 g/mol. The van der Waals surface area contributed by atoms with Crippen LogP contribution < -0.4 is 4.90 Å². The first kappa shape index (κ1) is 9.56. The van der Waals surface area contributed by atoms with Gasteiger partial charge in [-0.2, -0.15) is 5.26 Å². The average Bonchev–Trinajstić information content (AvgIpc) is 2.16. The molecule has 66 valence electrons. The Bertz CT molecular complexity index is 328. The Morgan fingerprint density at radius 2 is 2.08 bits per heavy atom. The molecule has 0 atom stereocenters. The summed E-state index contributed by atoms with van der Waals surface area (Å²) in [6, 6.07) is 8.61. The second-order valence-corrected chi connectivity index (χ2v) is 2.80. The predicted octanol–water partition coefficient (Wildman–Crippen LogP) is 1.83. The second kappa shape index (κ2) is 4.48. The van der Waals surface area contributed by atoms with Gasteiger partial charge in [-0.1, -0.05) is 11.6 Å². The third-order valence-electron chi connectivity index (χ3n) is 1.53. The van der Waals surface area contributed by atoms with E-state index in [-0.39, 0.29) is 6.54 Å². The lowest BCUT2D eigenvalue weighted by Crippen LogP contribution is -2.20. The van der Waals surface area contributed by atoms with Gasteiger partial charge >= 0.3 is 0 Å². The molecule has 0 saturated heterocycles. The van der Waals surface area contributed by atoms with E-state index >= 15 is 0 Å². The molecule has 4 heteroatoms. The average molecular weight is 195 g/mol. The number of hydrogen-bond donors (Lipinski definition) is 0. The Balaban J connectivity index is 2.86. The summed E-state index contributed by atoms with van der Waals surface area (Å²) in [5.74, 6) is 0. The van der Waals surface area contributed by atoms with Gasteiger partial charge in [-0.3, -0.25) is 4.79 Å². The van der Waals surface area contributed by atoms with Crippen molar-refractivity contribution in [3.05, 3.63) is 29.3 Å². The molecule has 0 spiro atoms. The van der Waals surface area contributed by atoms with Crippen molar-refractivity contribution in [2.75, 3.05) is 11.4 Å². The molecule has 0 aromatic heterocycles. The highest BCUT2D eigenvalue weighted by Crippen LogP contribution is 2.16. The molecular weight excluding hydrogens is 188 g/mol. The summed E-state index contributed by atoms with van der Waals surface area (Å²) in [7, 11) is 0. The quantitative estimate of drug-likeness (QED) is 0.544. The van der Waals surface area contributed by atoms with Crippen LogP contribution in [0.1, 0.15) is 0 Å². The number of hydrogen-bond acceptors (Lipinski definition) is 2. The van der Waals surface area contributed by atoms with Crippen molar-refractivity contribution in [3.63, 3.8) is 0 Å². The smallest absolute Gasteiger partial charge is 0.215 e. The summed E-state index contributed by atoms with van der Waals surface area (Å²) >= 11 is 5.66. The van der Waals surface area contributed by atoms with Crippen molar-refractivity contribution in [3.8, 4) is 6.07 Å². The van der Waals surface area contributed by atoms with Gasteiger partial charge in [-0.15, -0.1) is 0 Å². The van der Waals surface area contributed by atoms with Crippen LogP contribution in [0, 0.1) is 11.3 Å². The Kier molecular flexibility index (Phi) is 3.30. The summed E-state index contributed by atoms with van der Waals surface area (Å²) in [5, 5.41) is 9.01. The summed E-state index contributed by atoms with van der Waals surface area (Å²) in [5.41, 5.74) is 0.668. The molecule has 0 radical (unpaired) electrons. The van der Waals surface area contributed by atoms with E-state index in [4.69, 9.17) is 16.9 Å². The lowest BCUT2D eigenvalue weighted by atomic mass is 10.3. The van der Waals surface area contributed by atoms with Crippen molar-refractivity contribution in [1.82, 2.24) is 0 Å². The molecule has 0 aliphatic carbocycles. The van der Waals surface area contributed by atoms with Crippen LogP contribution in [0.25, 0.3) is 0 Å². The molecule has 0 aliphatic heterocycles. The fraction of sp³-hybridized carbons (Fsp3) is 0.111. The molecule has 0 saturated carbocycles. The number of anilines is 1. The fourth-order valence-electron chi connectivity index (χ4n) is 0.898. The molecule has 0 bridgehead atoms. The van der Waals surface area contributed by atoms with Crippen LogP contribution in [0.2, 0.25) is 5.02 Å². The lowest BCUT2D eigenvalue weighted by molar-refractivity contribution is -0.107. The van der Waals surface area contributed by atoms with E-state index in [0.717, 1.165) is 0 Å². The molecule has 1 amide bonds. The van der Waals surface area contributed by atoms with E-state index in [9.17, 15) is 4.79 Å². The van der Waals surface area contributed by atoms with Crippen LogP contribution in [-0.2, 0) is 4.79 Å². The highest BCUT2D eigenvalue weighted by Gasteiger charge is 2.02. The molecule has 3 nitrogen and oxygen atoms in total. The van der Waals surface area contributed by atoms with Gasteiger partial charge in [0.15, 0.2) is 0 Å². The van der Waals surface area contributed by atoms with Crippen molar-refractivity contribution in [2.24, 2.45) is 0 Å². The van der Waals surface area contributed by atoms with Crippen molar-refractivity contribution >= 4 is 23.7 Å². The number of nitrogens with zero attached hydrogens (tertiary/aromatic N) is 2. The highest BCUT2D eigenvalue weighted by atomic mass is 35.5. The maximum absolute atomic E-state index is 10.5. The molecular formula is C9H7ClN2O. The third-order valence-corrected chi connectivity index (χ3v) is 1.78. The van der Waals surface area contributed by atoms with E-state index in [1.54, 1.807) is 24.3 Å². The molecule has 0 aliphatic rings. The predicted molar refractivity (Wildman–Crippen MR) is 50.5 cm³/mol. The minimum absolute atomic E-state index is 0.0468. The van der Waals surface area contributed by atoms with Gasteiger partial charge in [0.25, 0.3) is 0 Å². The first-order valence-corrected chi connectivity index (χ1v) is 4.00. The van der Waals surface area contributed by atoms with E-state index in [2.05, 4.69) is 0 Å². The summed E-state index contributed by atoms with van der Waals surface area (Å²) in [4.78, 5) is 11.8. The second-order valence-electron chi connectivity index (χ2n) is 2.37. The number of nitriles is 1. The summed E-state index contributed by atoms with van der Waals surface area (Å²) < 4.78 is 0. The first-order valence-electron chi connectivity index (χ1n) is 3.62. The zero-order valence-electron chi connectivity index (χ0n) is 6.77. The Labute approximate surface area is 81.1 Å². The maximum atomic E-state index is 10.5. The molecule has 1 aromatic carbocycles. The normalized spacial score (nSPS) is 8.92. The van der Waals surface area contributed by atoms with Crippen molar-refractivity contribution < 1.29 is 4.79 Å². The van der Waals surface area contributed by atoms with Gasteiger partial charge in [0, 0.05) is 10.7 Å². The van der Waals surface area contributed by atoms with Gasteiger partial charge in [0.2, 0.25) is 6.41 Å². The molecule has 1 aromatic rings. The SMILES string of the molecule is N#CCN(C=O)c1ccc(Cl)cc1. The lowest BCUT2D eigenvalue weighted by Gasteiger charge is -2.12. The van der Waals surface area contributed by atoms with Crippen LogP contribution in [0.15, 0.2) is 24.3 Å². The number of benzene rings is 1. The largest absolute Gasteiger partial charge is 0.301 e. The van der Waals surface area contributed by atoms with Gasteiger partial charge in [-0.05, 0) is 24.3 Å². The van der Waals surface area contributed by atoms with Crippen LogP contribution in [0.3, 0.4) is 0 Å². The molecule has 0 heterocycles. The van der Waals surface area contributed by atoms with Gasteiger partial charge in [0.1, 0.15) is 6.54 Å². The fourth-order valence-corrected chi connectivity index (χ4v) is 1.02. The number of rotatable bonds is 3. The molecule has 0 N–H and O–H groups in total. The Morgan fingerprint density at radius 1 is 1.46 bits per heavy atom. The van der Waals surface area contributed by atoms with Gasteiger partial charge in [0.05, 0.1) is 6.07 Å². The standard InChI is InChI=1S/C9H7ClN2O/c10-8-1-3-9(4-2-8)12(7-13)6-5-11/h1-4,7H,6H2. The number of carbonyl (C=O) groups is 1. The van der Waals surface area contributed by atoms with E-state index < -0.39 is 0 Å². The van der Waals surface area contributed by atoms with Crippen LogP contribution in [0.4, 0.5) is 5.69 Å². The van der Waals surface area contributed by atoms with E-state index in [1.807, 2.05) is 6.07 Å². The Hall–Kier alpha value is -1.53. The highest BCUT2D eigenvalue weighted by molar-refractivity contribution is 6.30. The number of amides is 1. The third kappa shape index (κ3) is 2.46. The number of carbonyl (C=O) groups excluding carboxylic acids is 1. The number of halogens is 1. The van der Waals surface area contributed by atoms with Crippen molar-refractivity contribution in [1.29, 1.82) is 5.26 Å². The van der Waals surface area contributed by atoms with Gasteiger partial charge in [-0.25, -0.2) is 0 Å².